The summed E-state index contributed by atoms with van der Waals surface area (Å²) in [5.41, 5.74) is 0.0765. The molecule has 26 heavy (non-hydrogen) atoms. The van der Waals surface area contributed by atoms with Gasteiger partial charge in [0.1, 0.15) is 0 Å². The Balaban J connectivity index is 0.00000338. The zero-order valence-corrected chi connectivity index (χ0v) is 18.8. The van der Waals surface area contributed by atoms with Crippen molar-refractivity contribution in [3.05, 3.63) is 34.7 Å². The number of likely N-dealkylation sites (tertiary alicyclic amines) is 1. The quantitative estimate of drug-likeness (QED) is 0.271. The highest BCUT2D eigenvalue weighted by Gasteiger charge is 2.25. The van der Waals surface area contributed by atoms with Gasteiger partial charge < -0.3 is 14.8 Å². The summed E-state index contributed by atoms with van der Waals surface area (Å²) in [6.07, 6.45) is 6.41. The number of guanidine groups is 1. The Morgan fingerprint density at radius 1 is 1.35 bits per heavy atom. The average molecular weight is 474 g/mol. The Bertz CT molecular complexity index is 599. The first kappa shape index (κ1) is 23.0. The Morgan fingerprint density at radius 2 is 2.15 bits per heavy atom. The fourth-order valence-corrected chi connectivity index (χ4v) is 3.53. The lowest BCUT2D eigenvalue weighted by Gasteiger charge is -2.22. The van der Waals surface area contributed by atoms with Crippen LogP contribution in [0.15, 0.2) is 34.2 Å². The maximum Gasteiger partial charge on any atom is 0.250 e. The van der Waals surface area contributed by atoms with Crippen molar-refractivity contribution >= 4 is 29.9 Å². The van der Waals surface area contributed by atoms with E-state index in [9.17, 15) is 4.79 Å². The number of nitrogens with one attached hydrogen (secondary N) is 1. The van der Waals surface area contributed by atoms with Crippen molar-refractivity contribution in [3.8, 4) is 0 Å². The minimum Gasteiger partial charge on any atom is -0.357 e. The first-order valence-electron chi connectivity index (χ1n) is 9.79. The molecular weight excluding hydrogens is 439 g/mol. The highest BCUT2D eigenvalue weighted by molar-refractivity contribution is 14.0. The Labute approximate surface area is 175 Å². The minimum absolute atomic E-state index is 0. The van der Waals surface area contributed by atoms with E-state index in [0.717, 1.165) is 63.4 Å². The Kier molecular flexibility index (Phi) is 10.9. The normalized spacial score (nSPS) is 17.5. The van der Waals surface area contributed by atoms with Crippen LogP contribution in [0.2, 0.25) is 0 Å². The molecule has 2 heterocycles. The number of unbranched alkanes of at least 4 members (excludes halogenated alkanes) is 1. The highest BCUT2D eigenvalue weighted by atomic mass is 127. The zero-order valence-electron chi connectivity index (χ0n) is 16.5. The number of nitrogens with zero attached hydrogens (tertiary/aromatic N) is 3. The van der Waals surface area contributed by atoms with E-state index < -0.39 is 0 Å². The summed E-state index contributed by atoms with van der Waals surface area (Å²) in [4.78, 5) is 18.9. The van der Waals surface area contributed by atoms with E-state index in [4.69, 9.17) is 4.99 Å². The van der Waals surface area contributed by atoms with Gasteiger partial charge in [0, 0.05) is 45.0 Å². The number of halogens is 1. The van der Waals surface area contributed by atoms with Gasteiger partial charge >= 0.3 is 0 Å². The monoisotopic (exact) mass is 474 g/mol. The van der Waals surface area contributed by atoms with Crippen molar-refractivity contribution in [3.63, 3.8) is 0 Å². The van der Waals surface area contributed by atoms with Gasteiger partial charge in [-0.1, -0.05) is 19.9 Å². The van der Waals surface area contributed by atoms with Gasteiger partial charge in [0.25, 0.3) is 0 Å². The highest BCUT2D eigenvalue weighted by Crippen LogP contribution is 2.23. The molecule has 148 valence electrons. The topological polar surface area (TPSA) is 49.6 Å². The molecule has 0 aliphatic carbocycles. The van der Waals surface area contributed by atoms with Crippen LogP contribution in [0.3, 0.4) is 0 Å². The van der Waals surface area contributed by atoms with E-state index in [-0.39, 0.29) is 29.5 Å². The first-order valence-corrected chi connectivity index (χ1v) is 9.79. The van der Waals surface area contributed by atoms with Crippen molar-refractivity contribution in [2.24, 2.45) is 16.8 Å². The van der Waals surface area contributed by atoms with Crippen molar-refractivity contribution in [2.75, 3.05) is 26.2 Å². The van der Waals surface area contributed by atoms with Crippen molar-refractivity contribution in [2.45, 2.75) is 53.0 Å². The summed E-state index contributed by atoms with van der Waals surface area (Å²) in [5.74, 6) is 2.63. The third-order valence-corrected chi connectivity index (χ3v) is 4.69. The van der Waals surface area contributed by atoms with Gasteiger partial charge in [-0.15, -0.1) is 24.0 Å². The maximum absolute atomic E-state index is 11.7. The van der Waals surface area contributed by atoms with Gasteiger partial charge in [-0.25, -0.2) is 0 Å². The van der Waals surface area contributed by atoms with Crippen LogP contribution in [0.4, 0.5) is 0 Å². The lowest BCUT2D eigenvalue weighted by molar-refractivity contribution is 0.403. The molecule has 1 aliphatic heterocycles. The standard InChI is InChI=1S/C20H34N4O.HI/c1-4-21-20(24-14-10-18(16-24)15-17(2)3)22-11-6-8-13-23-12-7-5-9-19(23)25;/h5,7,9,12,17-18H,4,6,8,10-11,13-16H2,1-3H3,(H,21,22);1H. The molecule has 0 spiro atoms. The third kappa shape index (κ3) is 7.68. The lowest BCUT2D eigenvalue weighted by atomic mass is 9.97. The second kappa shape index (κ2) is 12.4. The van der Waals surface area contributed by atoms with Crippen molar-refractivity contribution < 1.29 is 0 Å². The number of pyridine rings is 1. The largest absolute Gasteiger partial charge is 0.357 e. The number of hydrogen-bond donors (Lipinski definition) is 1. The SMILES string of the molecule is CCNC(=NCCCCn1ccccc1=O)N1CCC(CC(C)C)C1.I. The van der Waals surface area contributed by atoms with Gasteiger partial charge in [-0.05, 0) is 50.5 Å². The fourth-order valence-electron chi connectivity index (χ4n) is 3.53. The van der Waals surface area contributed by atoms with Crippen LogP contribution in [0.1, 0.15) is 46.5 Å². The summed E-state index contributed by atoms with van der Waals surface area (Å²) in [7, 11) is 0. The van der Waals surface area contributed by atoms with Gasteiger partial charge in [-0.2, -0.15) is 0 Å². The first-order chi connectivity index (χ1) is 12.1. The van der Waals surface area contributed by atoms with E-state index >= 15 is 0 Å². The average Bonchev–Trinajstić information content (AvgIpc) is 3.02. The predicted octanol–water partition coefficient (Wildman–Crippen LogP) is 3.58. The summed E-state index contributed by atoms with van der Waals surface area (Å²) < 4.78 is 1.77. The molecule has 1 aromatic heterocycles. The van der Waals surface area contributed by atoms with Crippen LogP contribution in [-0.2, 0) is 6.54 Å². The molecule has 0 aromatic carbocycles. The van der Waals surface area contributed by atoms with E-state index in [0.29, 0.717) is 0 Å². The van der Waals surface area contributed by atoms with Crippen LogP contribution < -0.4 is 10.9 Å². The number of rotatable bonds is 8. The van der Waals surface area contributed by atoms with Gasteiger partial charge in [0.05, 0.1) is 0 Å². The number of hydrogen-bond acceptors (Lipinski definition) is 2. The van der Waals surface area contributed by atoms with Crippen LogP contribution >= 0.6 is 24.0 Å². The molecule has 0 amide bonds. The molecule has 0 saturated carbocycles. The molecule has 5 nitrogen and oxygen atoms in total. The zero-order chi connectivity index (χ0) is 18.1. The second-order valence-electron chi connectivity index (χ2n) is 7.41. The van der Waals surface area contributed by atoms with Gasteiger partial charge in [0.15, 0.2) is 5.96 Å². The van der Waals surface area contributed by atoms with E-state index in [1.54, 1.807) is 16.7 Å². The van der Waals surface area contributed by atoms with Crippen molar-refractivity contribution in [1.29, 1.82) is 0 Å². The summed E-state index contributed by atoms with van der Waals surface area (Å²) in [5, 5.41) is 3.44. The smallest absolute Gasteiger partial charge is 0.250 e. The van der Waals surface area contributed by atoms with Crippen LogP contribution in [0.5, 0.6) is 0 Å². The molecule has 0 radical (unpaired) electrons. The summed E-state index contributed by atoms with van der Waals surface area (Å²) >= 11 is 0. The van der Waals surface area contributed by atoms with Gasteiger partial charge in [-0.3, -0.25) is 9.79 Å². The van der Waals surface area contributed by atoms with Crippen molar-refractivity contribution in [1.82, 2.24) is 14.8 Å². The van der Waals surface area contributed by atoms with Crippen LogP contribution in [-0.4, -0.2) is 41.6 Å². The summed E-state index contributed by atoms with van der Waals surface area (Å²) in [6, 6.07) is 5.31. The number of aromatic nitrogens is 1. The molecule has 1 unspecified atom stereocenters. The molecule has 1 saturated heterocycles. The summed E-state index contributed by atoms with van der Waals surface area (Å²) in [6.45, 7) is 11.5. The van der Waals surface area contributed by atoms with Gasteiger partial charge in [0.2, 0.25) is 5.56 Å². The Hall–Kier alpha value is -1.05. The second-order valence-corrected chi connectivity index (χ2v) is 7.41. The Morgan fingerprint density at radius 3 is 2.85 bits per heavy atom. The fraction of sp³-hybridized carbons (Fsp3) is 0.700. The molecule has 1 atom stereocenters. The molecule has 1 fully saturated rings. The molecule has 1 aliphatic rings. The lowest BCUT2D eigenvalue weighted by Crippen LogP contribution is -2.40. The maximum atomic E-state index is 11.7. The molecule has 6 heteroatoms. The number of aryl methyl sites for hydroxylation is 1. The number of aliphatic imine (C=N–C) groups is 1. The molecule has 0 bridgehead atoms. The molecule has 1 aromatic rings. The molecule has 2 rings (SSSR count). The van der Waals surface area contributed by atoms with E-state index in [1.807, 2.05) is 12.3 Å². The van der Waals surface area contributed by atoms with Crippen LogP contribution in [0.25, 0.3) is 0 Å². The third-order valence-electron chi connectivity index (χ3n) is 4.69. The molecule has 1 N–H and O–H groups in total. The van der Waals surface area contributed by atoms with E-state index in [1.165, 1.54) is 12.8 Å². The van der Waals surface area contributed by atoms with Crippen LogP contribution in [0, 0.1) is 11.8 Å². The minimum atomic E-state index is 0. The molecular formula is C20H35IN4O. The van der Waals surface area contributed by atoms with E-state index in [2.05, 4.69) is 31.0 Å². The predicted molar refractivity (Wildman–Crippen MR) is 120 cm³/mol.